The van der Waals surface area contributed by atoms with Gasteiger partial charge in [-0.15, -0.1) is 10.2 Å². The summed E-state index contributed by atoms with van der Waals surface area (Å²) in [5.74, 6) is -0.961. The molecule has 0 saturated heterocycles. The molecular weight excluding hydrogens is 351 g/mol. The number of hydrogen-bond acceptors (Lipinski definition) is 6. The lowest BCUT2D eigenvalue weighted by Crippen LogP contribution is -2.36. The van der Waals surface area contributed by atoms with Crippen molar-refractivity contribution < 1.29 is 14.0 Å². The van der Waals surface area contributed by atoms with E-state index >= 15 is 0 Å². The Kier molecular flexibility index (Phi) is 5.10. The number of benzene rings is 1. The number of amides is 2. The number of anilines is 1. The fourth-order valence-corrected chi connectivity index (χ4v) is 4.18. The van der Waals surface area contributed by atoms with Crippen molar-refractivity contribution in [2.24, 2.45) is 0 Å². The van der Waals surface area contributed by atoms with Crippen molar-refractivity contribution in [1.29, 1.82) is 0 Å². The van der Waals surface area contributed by atoms with Crippen LogP contribution in [0.2, 0.25) is 0 Å². The number of carbonyl (C=O) groups excluding carboxylic acids is 2. The summed E-state index contributed by atoms with van der Waals surface area (Å²) >= 11 is 3.01. The van der Waals surface area contributed by atoms with Gasteiger partial charge in [0, 0.05) is 24.4 Å². The number of aryl methyl sites for hydroxylation is 1. The first kappa shape index (κ1) is 16.8. The van der Waals surface area contributed by atoms with Gasteiger partial charge in [-0.2, -0.15) is 0 Å². The van der Waals surface area contributed by atoms with E-state index in [4.69, 9.17) is 0 Å². The zero-order chi connectivity index (χ0) is 17.1. The number of nitrogens with one attached hydrogen (secondary N) is 2. The molecule has 2 N–H and O–H groups in total. The largest absolute Gasteiger partial charge is 0.355 e. The Labute approximate surface area is 146 Å². The second-order valence-corrected chi connectivity index (χ2v) is 7.79. The van der Waals surface area contributed by atoms with E-state index in [0.717, 1.165) is 9.35 Å². The average molecular weight is 366 g/mol. The number of nitrogens with zero attached hydrogens (tertiary/aromatic N) is 2. The van der Waals surface area contributed by atoms with Crippen LogP contribution in [0.1, 0.15) is 22.9 Å². The maximum Gasteiger partial charge on any atom is 0.228 e. The molecule has 0 spiro atoms. The number of thioether (sulfide) groups is 1. The minimum Gasteiger partial charge on any atom is -0.355 e. The van der Waals surface area contributed by atoms with Crippen LogP contribution in [0.4, 0.5) is 10.1 Å². The van der Waals surface area contributed by atoms with Crippen LogP contribution in [0, 0.1) is 12.7 Å². The maximum absolute atomic E-state index is 13.5. The van der Waals surface area contributed by atoms with Crippen LogP contribution in [0.25, 0.3) is 0 Å². The van der Waals surface area contributed by atoms with Crippen molar-refractivity contribution in [3.8, 4) is 0 Å². The first-order valence-electron chi connectivity index (χ1n) is 7.33. The smallest absolute Gasteiger partial charge is 0.228 e. The first-order chi connectivity index (χ1) is 11.5. The molecule has 1 aromatic carbocycles. The predicted molar refractivity (Wildman–Crippen MR) is 90.8 cm³/mol. The fraction of sp³-hybridized carbons (Fsp3) is 0.333. The van der Waals surface area contributed by atoms with Gasteiger partial charge in [-0.25, -0.2) is 4.39 Å². The molecule has 9 heteroatoms. The molecule has 0 unspecified atom stereocenters. The van der Waals surface area contributed by atoms with Crippen molar-refractivity contribution in [2.45, 2.75) is 23.6 Å². The summed E-state index contributed by atoms with van der Waals surface area (Å²) in [5, 5.41) is 14.3. The van der Waals surface area contributed by atoms with Gasteiger partial charge in [0.1, 0.15) is 10.8 Å². The average Bonchev–Trinajstić information content (AvgIpc) is 2.96. The molecule has 1 aliphatic rings. The van der Waals surface area contributed by atoms with Gasteiger partial charge in [-0.3, -0.25) is 9.59 Å². The van der Waals surface area contributed by atoms with Gasteiger partial charge in [0.2, 0.25) is 11.8 Å². The number of carbonyl (C=O) groups is 2. The highest BCUT2D eigenvalue weighted by atomic mass is 32.2. The lowest BCUT2D eigenvalue weighted by molar-refractivity contribution is -0.126. The molecule has 2 amide bonds. The number of aromatic nitrogens is 2. The van der Waals surface area contributed by atoms with Crippen LogP contribution in [-0.2, 0) is 9.59 Å². The Morgan fingerprint density at radius 3 is 3.08 bits per heavy atom. The third kappa shape index (κ3) is 3.90. The van der Waals surface area contributed by atoms with Crippen LogP contribution in [0.3, 0.4) is 0 Å². The van der Waals surface area contributed by atoms with Gasteiger partial charge in [0.15, 0.2) is 4.34 Å². The minimum absolute atomic E-state index is 0.0189. The van der Waals surface area contributed by atoms with Crippen LogP contribution in [-0.4, -0.2) is 34.3 Å². The fourth-order valence-electron chi connectivity index (χ4n) is 2.44. The Morgan fingerprint density at radius 2 is 2.33 bits per heavy atom. The highest BCUT2D eigenvalue weighted by molar-refractivity contribution is 8.01. The SMILES string of the molecule is Cc1nnc(SCCNC(=O)[C@H]2CC(=O)Nc3ccc(F)cc32)s1. The van der Waals surface area contributed by atoms with E-state index in [2.05, 4.69) is 20.8 Å². The van der Waals surface area contributed by atoms with E-state index in [1.165, 1.54) is 41.3 Å². The molecule has 1 aromatic heterocycles. The van der Waals surface area contributed by atoms with Gasteiger partial charge in [-0.1, -0.05) is 23.1 Å². The zero-order valence-corrected chi connectivity index (χ0v) is 14.5. The second-order valence-electron chi connectivity index (χ2n) is 5.26. The summed E-state index contributed by atoms with van der Waals surface area (Å²) in [5.41, 5.74) is 1.01. The third-order valence-electron chi connectivity index (χ3n) is 3.50. The second kappa shape index (κ2) is 7.27. The monoisotopic (exact) mass is 366 g/mol. The molecule has 126 valence electrons. The van der Waals surface area contributed by atoms with Crippen molar-refractivity contribution in [2.75, 3.05) is 17.6 Å². The topological polar surface area (TPSA) is 84.0 Å². The minimum atomic E-state index is -0.668. The van der Waals surface area contributed by atoms with Crippen molar-refractivity contribution in [3.63, 3.8) is 0 Å². The molecule has 0 fully saturated rings. The summed E-state index contributed by atoms with van der Waals surface area (Å²) in [6, 6.07) is 4.05. The van der Waals surface area contributed by atoms with Crippen molar-refractivity contribution in [1.82, 2.24) is 15.5 Å². The van der Waals surface area contributed by atoms with E-state index in [9.17, 15) is 14.0 Å². The van der Waals surface area contributed by atoms with Crippen LogP contribution in [0.15, 0.2) is 22.5 Å². The summed E-state index contributed by atoms with van der Waals surface area (Å²) in [6.45, 7) is 2.32. The molecule has 1 aliphatic heterocycles. The molecule has 2 aromatic rings. The number of rotatable bonds is 5. The van der Waals surface area contributed by atoms with Gasteiger partial charge in [0.05, 0.1) is 5.92 Å². The van der Waals surface area contributed by atoms with E-state index in [0.29, 0.717) is 23.5 Å². The molecule has 6 nitrogen and oxygen atoms in total. The van der Waals surface area contributed by atoms with Crippen molar-refractivity contribution >= 4 is 40.6 Å². The molecule has 24 heavy (non-hydrogen) atoms. The van der Waals surface area contributed by atoms with Gasteiger partial charge < -0.3 is 10.6 Å². The van der Waals surface area contributed by atoms with Gasteiger partial charge in [-0.05, 0) is 30.7 Å². The molecule has 0 radical (unpaired) electrons. The highest BCUT2D eigenvalue weighted by Crippen LogP contribution is 2.32. The summed E-state index contributed by atoms with van der Waals surface area (Å²) in [4.78, 5) is 24.1. The molecular formula is C15H15FN4O2S2. The molecule has 1 atom stereocenters. The summed E-state index contributed by atoms with van der Waals surface area (Å²) < 4.78 is 14.3. The molecule has 0 aliphatic carbocycles. The van der Waals surface area contributed by atoms with E-state index < -0.39 is 11.7 Å². The third-order valence-corrected chi connectivity index (χ3v) is 5.48. The lowest BCUT2D eigenvalue weighted by Gasteiger charge is -2.24. The maximum atomic E-state index is 13.5. The quantitative estimate of drug-likeness (QED) is 0.627. The molecule has 0 bridgehead atoms. The Morgan fingerprint density at radius 1 is 1.50 bits per heavy atom. The van der Waals surface area contributed by atoms with Crippen LogP contribution < -0.4 is 10.6 Å². The van der Waals surface area contributed by atoms with E-state index in [-0.39, 0.29) is 18.2 Å². The molecule has 3 rings (SSSR count). The normalized spacial score (nSPS) is 16.4. The molecule has 0 saturated carbocycles. The van der Waals surface area contributed by atoms with Crippen molar-refractivity contribution in [3.05, 3.63) is 34.6 Å². The lowest BCUT2D eigenvalue weighted by atomic mass is 9.89. The van der Waals surface area contributed by atoms with Gasteiger partial charge in [0.25, 0.3) is 0 Å². The highest BCUT2D eigenvalue weighted by Gasteiger charge is 2.30. The standard InChI is InChI=1S/C15H15FN4O2S2/c1-8-19-20-15(24-8)23-5-4-17-14(22)11-7-13(21)18-12-3-2-9(16)6-10(11)12/h2-3,6,11H,4-5,7H2,1H3,(H,17,22)(H,18,21)/t11-/m0/s1. The Hall–Kier alpha value is -2.00. The summed E-state index contributed by atoms with van der Waals surface area (Å²) in [6.07, 6.45) is 0.0189. The molecule has 2 heterocycles. The van der Waals surface area contributed by atoms with Crippen LogP contribution in [0.5, 0.6) is 0 Å². The zero-order valence-electron chi connectivity index (χ0n) is 12.8. The summed E-state index contributed by atoms with van der Waals surface area (Å²) in [7, 11) is 0. The number of fused-ring (bicyclic) bond motifs is 1. The van der Waals surface area contributed by atoms with Crippen LogP contribution >= 0.6 is 23.1 Å². The predicted octanol–water partition coefficient (Wildman–Crippen LogP) is 2.32. The Balaban J connectivity index is 1.59. The number of halogens is 1. The number of hydrogen-bond donors (Lipinski definition) is 2. The Bertz CT molecular complexity index is 781. The van der Waals surface area contributed by atoms with E-state index in [1.807, 2.05) is 6.92 Å². The first-order valence-corrected chi connectivity index (χ1v) is 9.13. The van der Waals surface area contributed by atoms with Gasteiger partial charge >= 0.3 is 0 Å². The van der Waals surface area contributed by atoms with E-state index in [1.54, 1.807) is 0 Å².